The average Bonchev–Trinajstić information content (AvgIpc) is 3.47. The van der Waals surface area contributed by atoms with E-state index in [1.807, 2.05) is 0 Å². The maximum atomic E-state index is 12.4. The second-order valence-electron chi connectivity index (χ2n) is 6.40. The van der Waals surface area contributed by atoms with Gasteiger partial charge in [-0.25, -0.2) is 0 Å². The topological polar surface area (TPSA) is 117 Å². The number of carbonyl (C=O) groups is 2. The molecule has 3 N–H and O–H groups in total. The number of amides is 2. The number of furan rings is 2. The van der Waals surface area contributed by atoms with Crippen molar-refractivity contribution >= 4 is 17.5 Å². The Hall–Kier alpha value is -4.33. The van der Waals surface area contributed by atoms with Crippen LogP contribution in [-0.4, -0.2) is 16.8 Å². The fraction of sp³-hybridized carbons (Fsp3) is 0.0455. The van der Waals surface area contributed by atoms with Crippen LogP contribution in [0, 0.1) is 0 Å². The van der Waals surface area contributed by atoms with Gasteiger partial charge in [0.05, 0.1) is 18.2 Å². The molecule has 0 aliphatic carbocycles. The number of hydrogen-bond acceptors (Lipinski definition) is 5. The van der Waals surface area contributed by atoms with Gasteiger partial charge in [0, 0.05) is 12.2 Å². The highest BCUT2D eigenvalue weighted by atomic mass is 16.3. The molecule has 150 valence electrons. The molecule has 0 saturated heterocycles. The minimum atomic E-state index is -0.502. The number of carbonyl (C=O) groups excluding carboxylic acids is 2. The third-order valence-corrected chi connectivity index (χ3v) is 4.35. The van der Waals surface area contributed by atoms with Crippen LogP contribution >= 0.6 is 0 Å². The Kier molecular flexibility index (Phi) is 5.29. The number of rotatable bonds is 6. The van der Waals surface area contributed by atoms with Crippen LogP contribution in [0.5, 0.6) is 0 Å². The van der Waals surface area contributed by atoms with Gasteiger partial charge in [0.15, 0.2) is 5.76 Å². The van der Waals surface area contributed by atoms with E-state index in [9.17, 15) is 14.4 Å². The van der Waals surface area contributed by atoms with Crippen LogP contribution in [0.2, 0.25) is 0 Å². The molecule has 0 radical (unpaired) electrons. The summed E-state index contributed by atoms with van der Waals surface area (Å²) in [6.45, 7) is 0.227. The van der Waals surface area contributed by atoms with E-state index in [2.05, 4.69) is 15.6 Å². The predicted octanol–water partition coefficient (Wildman–Crippen LogP) is 3.41. The number of pyridine rings is 1. The maximum absolute atomic E-state index is 12.4. The number of hydrogen-bond donors (Lipinski definition) is 3. The Balaban J connectivity index is 1.36. The number of nitrogens with one attached hydrogen (secondary N) is 3. The Bertz CT molecular complexity index is 1210. The van der Waals surface area contributed by atoms with Crippen LogP contribution < -0.4 is 16.2 Å². The quantitative estimate of drug-likeness (QED) is 0.456. The lowest BCUT2D eigenvalue weighted by Gasteiger charge is -2.07. The normalized spacial score (nSPS) is 10.5. The summed E-state index contributed by atoms with van der Waals surface area (Å²) in [5.41, 5.74) is 1.40. The van der Waals surface area contributed by atoms with Crippen LogP contribution in [0.25, 0.3) is 11.5 Å². The van der Waals surface area contributed by atoms with E-state index in [0.29, 0.717) is 17.1 Å². The van der Waals surface area contributed by atoms with Gasteiger partial charge in [0.1, 0.15) is 11.3 Å². The van der Waals surface area contributed by atoms with E-state index >= 15 is 0 Å². The molecule has 2 amide bonds. The second-order valence-corrected chi connectivity index (χ2v) is 6.40. The summed E-state index contributed by atoms with van der Waals surface area (Å²) in [6.07, 6.45) is 2.93. The van der Waals surface area contributed by atoms with Crippen molar-refractivity contribution in [2.75, 3.05) is 5.32 Å². The van der Waals surface area contributed by atoms with Crippen molar-refractivity contribution in [1.29, 1.82) is 0 Å². The molecule has 0 atom stereocenters. The predicted molar refractivity (Wildman–Crippen MR) is 109 cm³/mol. The summed E-state index contributed by atoms with van der Waals surface area (Å²) in [5.74, 6) is -0.108. The van der Waals surface area contributed by atoms with E-state index in [1.54, 1.807) is 54.6 Å². The molecule has 3 heterocycles. The summed E-state index contributed by atoms with van der Waals surface area (Å²) in [4.78, 5) is 39.2. The van der Waals surface area contributed by atoms with Crippen LogP contribution in [0.3, 0.4) is 0 Å². The van der Waals surface area contributed by atoms with Crippen LogP contribution in [0.1, 0.15) is 26.5 Å². The van der Waals surface area contributed by atoms with Gasteiger partial charge in [0.2, 0.25) is 0 Å². The van der Waals surface area contributed by atoms with Gasteiger partial charge in [0.25, 0.3) is 17.4 Å². The number of aromatic nitrogens is 1. The molecular weight excluding hydrogens is 386 g/mol. The van der Waals surface area contributed by atoms with Crippen molar-refractivity contribution in [3.05, 3.63) is 100 Å². The van der Waals surface area contributed by atoms with E-state index < -0.39 is 11.5 Å². The summed E-state index contributed by atoms with van der Waals surface area (Å²) in [5, 5.41) is 5.42. The minimum absolute atomic E-state index is 0.00707. The molecular formula is C22H17N3O5. The van der Waals surface area contributed by atoms with Gasteiger partial charge in [-0.2, -0.15) is 0 Å². The molecule has 0 saturated carbocycles. The van der Waals surface area contributed by atoms with Gasteiger partial charge in [-0.05, 0) is 54.1 Å². The largest absolute Gasteiger partial charge is 0.463 e. The summed E-state index contributed by atoms with van der Waals surface area (Å²) >= 11 is 0. The third-order valence-electron chi connectivity index (χ3n) is 4.35. The van der Waals surface area contributed by atoms with Gasteiger partial charge in [-0.15, -0.1) is 0 Å². The van der Waals surface area contributed by atoms with Gasteiger partial charge in [-0.1, -0.05) is 12.1 Å². The van der Waals surface area contributed by atoms with Crippen LogP contribution in [0.15, 0.2) is 86.8 Å². The van der Waals surface area contributed by atoms with E-state index in [1.165, 1.54) is 18.6 Å². The Labute approximate surface area is 170 Å². The molecule has 0 bridgehead atoms. The second kappa shape index (κ2) is 8.36. The molecule has 0 aliphatic rings. The molecule has 1 aromatic carbocycles. The standard InChI is InChI=1S/C22H17N3O5/c26-20(16-9-10-17(25-21(16)27)18-3-1-11-29-18)23-13-14-5-7-15(8-6-14)24-22(28)19-4-2-12-30-19/h1-12H,13H2,(H,23,26)(H,24,28)(H,25,27). The fourth-order valence-electron chi connectivity index (χ4n) is 2.81. The molecule has 4 rings (SSSR count). The first kappa shape index (κ1) is 19.0. The molecule has 0 fully saturated rings. The smallest absolute Gasteiger partial charge is 0.291 e. The van der Waals surface area contributed by atoms with E-state index in [4.69, 9.17) is 8.83 Å². The zero-order valence-corrected chi connectivity index (χ0v) is 15.7. The SMILES string of the molecule is O=C(Nc1ccc(CNC(=O)c2ccc(-c3ccco3)[nH]c2=O)cc1)c1ccco1. The molecule has 8 heteroatoms. The van der Waals surface area contributed by atoms with Crippen molar-refractivity contribution in [2.45, 2.75) is 6.54 Å². The molecule has 0 unspecified atom stereocenters. The summed E-state index contributed by atoms with van der Waals surface area (Å²) < 4.78 is 10.3. The average molecular weight is 403 g/mol. The van der Waals surface area contributed by atoms with Crippen molar-refractivity contribution < 1.29 is 18.4 Å². The number of anilines is 1. The van der Waals surface area contributed by atoms with Crippen molar-refractivity contribution in [3.63, 3.8) is 0 Å². The minimum Gasteiger partial charge on any atom is -0.463 e. The molecule has 3 aromatic heterocycles. The lowest BCUT2D eigenvalue weighted by molar-refractivity contribution is 0.0948. The van der Waals surface area contributed by atoms with Crippen LogP contribution in [0.4, 0.5) is 5.69 Å². The van der Waals surface area contributed by atoms with Crippen molar-refractivity contribution in [3.8, 4) is 11.5 Å². The lowest BCUT2D eigenvalue weighted by Crippen LogP contribution is -2.29. The van der Waals surface area contributed by atoms with Gasteiger partial charge < -0.3 is 24.5 Å². The number of aromatic amines is 1. The first-order valence-electron chi connectivity index (χ1n) is 9.09. The first-order valence-corrected chi connectivity index (χ1v) is 9.09. The Morgan fingerprint density at radius 2 is 1.63 bits per heavy atom. The monoisotopic (exact) mass is 403 g/mol. The maximum Gasteiger partial charge on any atom is 0.291 e. The zero-order chi connectivity index (χ0) is 20.9. The van der Waals surface area contributed by atoms with E-state index in [-0.39, 0.29) is 23.8 Å². The highest BCUT2D eigenvalue weighted by Crippen LogP contribution is 2.16. The fourth-order valence-corrected chi connectivity index (χ4v) is 2.81. The molecule has 30 heavy (non-hydrogen) atoms. The third kappa shape index (κ3) is 4.22. The Morgan fingerprint density at radius 1 is 0.867 bits per heavy atom. The highest BCUT2D eigenvalue weighted by molar-refractivity contribution is 6.02. The molecule has 4 aromatic rings. The first-order chi connectivity index (χ1) is 14.6. The highest BCUT2D eigenvalue weighted by Gasteiger charge is 2.12. The van der Waals surface area contributed by atoms with Gasteiger partial charge in [-0.3, -0.25) is 14.4 Å². The summed E-state index contributed by atoms with van der Waals surface area (Å²) in [6, 6.07) is 16.7. The molecule has 0 aliphatic heterocycles. The van der Waals surface area contributed by atoms with Crippen molar-refractivity contribution in [2.24, 2.45) is 0 Å². The summed E-state index contributed by atoms with van der Waals surface area (Å²) in [7, 11) is 0. The zero-order valence-electron chi connectivity index (χ0n) is 15.7. The van der Waals surface area contributed by atoms with E-state index in [0.717, 1.165) is 5.56 Å². The number of benzene rings is 1. The lowest BCUT2D eigenvalue weighted by atomic mass is 10.2. The molecule has 0 spiro atoms. The molecule has 8 nitrogen and oxygen atoms in total. The van der Waals surface area contributed by atoms with Gasteiger partial charge >= 0.3 is 0 Å². The Morgan fingerprint density at radius 3 is 2.30 bits per heavy atom. The van der Waals surface area contributed by atoms with Crippen LogP contribution in [-0.2, 0) is 6.54 Å². The van der Waals surface area contributed by atoms with Crippen molar-refractivity contribution in [1.82, 2.24) is 10.3 Å². The number of H-pyrrole nitrogens is 1.